The van der Waals surface area contributed by atoms with Gasteiger partial charge in [0.25, 0.3) is 5.91 Å². The van der Waals surface area contributed by atoms with Gasteiger partial charge in [-0.3, -0.25) is 4.79 Å². The van der Waals surface area contributed by atoms with E-state index in [1.807, 2.05) is 0 Å². The van der Waals surface area contributed by atoms with Crippen LogP contribution in [0.4, 0.5) is 5.69 Å². The van der Waals surface area contributed by atoms with Crippen molar-refractivity contribution < 1.29 is 4.79 Å². The van der Waals surface area contributed by atoms with E-state index in [1.165, 1.54) is 25.1 Å². The van der Waals surface area contributed by atoms with Crippen molar-refractivity contribution in [2.24, 2.45) is 5.92 Å². The van der Waals surface area contributed by atoms with Gasteiger partial charge in [0, 0.05) is 6.54 Å². The van der Waals surface area contributed by atoms with Crippen LogP contribution in [-0.4, -0.2) is 17.4 Å². The SMILES string of the molecule is Nc1cnc(Cl)cc1C(=O)NCC1CC1. The number of halogens is 1. The molecule has 1 amide bonds. The molecule has 1 fully saturated rings. The highest BCUT2D eigenvalue weighted by molar-refractivity contribution is 6.29. The number of hydrogen-bond acceptors (Lipinski definition) is 3. The molecule has 0 unspecified atom stereocenters. The molecule has 5 heteroatoms. The molecule has 0 aromatic carbocycles. The maximum atomic E-state index is 11.7. The first kappa shape index (κ1) is 10.2. The van der Waals surface area contributed by atoms with Crippen LogP contribution in [-0.2, 0) is 0 Å². The lowest BCUT2D eigenvalue weighted by molar-refractivity contribution is 0.0952. The van der Waals surface area contributed by atoms with Crippen LogP contribution in [0.25, 0.3) is 0 Å². The number of pyridine rings is 1. The predicted octanol–water partition coefficient (Wildman–Crippen LogP) is 1.46. The van der Waals surface area contributed by atoms with Gasteiger partial charge in [-0.1, -0.05) is 11.6 Å². The fourth-order valence-corrected chi connectivity index (χ4v) is 1.45. The van der Waals surface area contributed by atoms with Crippen molar-refractivity contribution in [1.29, 1.82) is 0 Å². The summed E-state index contributed by atoms with van der Waals surface area (Å²) in [5.41, 5.74) is 6.38. The lowest BCUT2D eigenvalue weighted by Gasteiger charge is -2.06. The Hall–Kier alpha value is -1.29. The Morgan fingerprint density at radius 2 is 2.40 bits per heavy atom. The first-order chi connectivity index (χ1) is 7.16. The van der Waals surface area contributed by atoms with Crippen molar-refractivity contribution in [2.75, 3.05) is 12.3 Å². The minimum absolute atomic E-state index is 0.177. The summed E-state index contributed by atoms with van der Waals surface area (Å²) >= 11 is 5.69. The topological polar surface area (TPSA) is 68.0 Å². The molecular weight excluding hydrogens is 214 g/mol. The van der Waals surface area contributed by atoms with Crippen molar-refractivity contribution in [3.05, 3.63) is 23.0 Å². The van der Waals surface area contributed by atoms with E-state index in [0.29, 0.717) is 17.2 Å². The molecular formula is C10H12ClN3O. The van der Waals surface area contributed by atoms with E-state index < -0.39 is 0 Å². The van der Waals surface area contributed by atoms with Crippen LogP contribution in [0.1, 0.15) is 23.2 Å². The maximum absolute atomic E-state index is 11.7. The number of rotatable bonds is 3. The van der Waals surface area contributed by atoms with Crippen LogP contribution in [0.3, 0.4) is 0 Å². The Balaban J connectivity index is 2.05. The molecule has 0 atom stereocenters. The van der Waals surface area contributed by atoms with E-state index in [9.17, 15) is 4.79 Å². The van der Waals surface area contributed by atoms with E-state index in [0.717, 1.165) is 6.54 Å². The average Bonchev–Trinajstić information content (AvgIpc) is 3.02. The number of hydrogen-bond donors (Lipinski definition) is 2. The maximum Gasteiger partial charge on any atom is 0.253 e. The second kappa shape index (κ2) is 4.06. The molecule has 0 spiro atoms. The van der Waals surface area contributed by atoms with Crippen LogP contribution < -0.4 is 11.1 Å². The quantitative estimate of drug-likeness (QED) is 0.766. The molecule has 1 aliphatic rings. The van der Waals surface area contributed by atoms with Crippen LogP contribution in [0.15, 0.2) is 12.3 Å². The monoisotopic (exact) mass is 225 g/mol. The summed E-state index contributed by atoms with van der Waals surface area (Å²) in [5, 5.41) is 3.10. The second-order valence-corrected chi connectivity index (χ2v) is 4.13. The molecule has 0 radical (unpaired) electrons. The molecule has 1 heterocycles. The van der Waals surface area contributed by atoms with Gasteiger partial charge in [-0.15, -0.1) is 0 Å². The number of nitrogens with one attached hydrogen (secondary N) is 1. The highest BCUT2D eigenvalue weighted by atomic mass is 35.5. The molecule has 80 valence electrons. The van der Waals surface area contributed by atoms with Crippen LogP contribution in [0, 0.1) is 5.92 Å². The minimum atomic E-state index is -0.177. The number of nitrogen functional groups attached to an aromatic ring is 1. The van der Waals surface area contributed by atoms with Gasteiger partial charge in [-0.05, 0) is 24.8 Å². The number of anilines is 1. The third-order valence-corrected chi connectivity index (χ3v) is 2.60. The van der Waals surface area contributed by atoms with Crippen LogP contribution in [0.2, 0.25) is 5.15 Å². The number of nitrogens with two attached hydrogens (primary N) is 1. The number of nitrogens with zero attached hydrogens (tertiary/aromatic N) is 1. The summed E-state index contributed by atoms with van der Waals surface area (Å²) in [7, 11) is 0. The molecule has 1 aromatic heterocycles. The number of carbonyl (C=O) groups is 1. The number of amides is 1. The van der Waals surface area contributed by atoms with Crippen molar-refractivity contribution in [2.45, 2.75) is 12.8 Å². The van der Waals surface area contributed by atoms with Crippen molar-refractivity contribution >= 4 is 23.2 Å². The van der Waals surface area contributed by atoms with E-state index in [2.05, 4.69) is 10.3 Å². The zero-order chi connectivity index (χ0) is 10.8. The first-order valence-corrected chi connectivity index (χ1v) is 5.24. The standard InChI is InChI=1S/C10H12ClN3O/c11-9-3-7(8(12)5-13-9)10(15)14-4-6-1-2-6/h3,5-6H,1-2,4,12H2,(H,14,15). The molecule has 0 bridgehead atoms. The first-order valence-electron chi connectivity index (χ1n) is 4.86. The zero-order valence-corrected chi connectivity index (χ0v) is 8.92. The Morgan fingerprint density at radius 3 is 3.07 bits per heavy atom. The third kappa shape index (κ3) is 2.59. The summed E-state index contributed by atoms with van der Waals surface area (Å²) in [6.45, 7) is 0.720. The highest BCUT2D eigenvalue weighted by Gasteiger charge is 2.22. The average molecular weight is 226 g/mol. The molecule has 1 aliphatic carbocycles. The Labute approximate surface area is 92.8 Å². The molecule has 0 aliphatic heterocycles. The Morgan fingerprint density at radius 1 is 1.67 bits per heavy atom. The van der Waals surface area contributed by atoms with Crippen molar-refractivity contribution in [3.63, 3.8) is 0 Å². The lowest BCUT2D eigenvalue weighted by Crippen LogP contribution is -2.26. The van der Waals surface area contributed by atoms with Gasteiger partial charge in [0.1, 0.15) is 5.15 Å². The van der Waals surface area contributed by atoms with Crippen LogP contribution in [0.5, 0.6) is 0 Å². The highest BCUT2D eigenvalue weighted by Crippen LogP contribution is 2.27. The summed E-state index contributed by atoms with van der Waals surface area (Å²) in [6, 6.07) is 1.49. The summed E-state index contributed by atoms with van der Waals surface area (Å²) < 4.78 is 0. The molecule has 1 aromatic rings. The van der Waals surface area contributed by atoms with E-state index in [4.69, 9.17) is 17.3 Å². The molecule has 3 N–H and O–H groups in total. The van der Waals surface area contributed by atoms with Gasteiger partial charge in [-0.2, -0.15) is 0 Å². The molecule has 1 saturated carbocycles. The fraction of sp³-hybridized carbons (Fsp3) is 0.400. The van der Waals surface area contributed by atoms with Crippen molar-refractivity contribution in [1.82, 2.24) is 10.3 Å². The normalized spacial score (nSPS) is 15.0. The van der Waals surface area contributed by atoms with E-state index in [1.54, 1.807) is 0 Å². The Bertz CT molecular complexity index is 390. The molecule has 15 heavy (non-hydrogen) atoms. The van der Waals surface area contributed by atoms with Gasteiger partial charge in [0.2, 0.25) is 0 Å². The number of carbonyl (C=O) groups excluding carboxylic acids is 1. The fourth-order valence-electron chi connectivity index (χ4n) is 1.29. The summed E-state index contributed by atoms with van der Waals surface area (Å²) in [4.78, 5) is 15.5. The van der Waals surface area contributed by atoms with Gasteiger partial charge < -0.3 is 11.1 Å². The molecule has 4 nitrogen and oxygen atoms in total. The third-order valence-electron chi connectivity index (χ3n) is 2.39. The molecule has 0 saturated heterocycles. The Kier molecular flexibility index (Phi) is 2.77. The smallest absolute Gasteiger partial charge is 0.253 e. The number of aromatic nitrogens is 1. The van der Waals surface area contributed by atoms with Crippen LogP contribution >= 0.6 is 11.6 Å². The zero-order valence-electron chi connectivity index (χ0n) is 8.16. The summed E-state index contributed by atoms with van der Waals surface area (Å²) in [5.74, 6) is 0.469. The van der Waals surface area contributed by atoms with E-state index in [-0.39, 0.29) is 11.1 Å². The minimum Gasteiger partial charge on any atom is -0.397 e. The lowest BCUT2D eigenvalue weighted by atomic mass is 10.2. The molecule has 2 rings (SSSR count). The largest absolute Gasteiger partial charge is 0.397 e. The predicted molar refractivity (Wildman–Crippen MR) is 58.7 cm³/mol. The second-order valence-electron chi connectivity index (χ2n) is 3.75. The van der Waals surface area contributed by atoms with Crippen molar-refractivity contribution in [3.8, 4) is 0 Å². The van der Waals surface area contributed by atoms with E-state index >= 15 is 0 Å². The van der Waals surface area contributed by atoms with Gasteiger partial charge in [0.05, 0.1) is 17.4 Å². The van der Waals surface area contributed by atoms with Gasteiger partial charge in [0.15, 0.2) is 0 Å². The van der Waals surface area contributed by atoms with Gasteiger partial charge >= 0.3 is 0 Å². The van der Waals surface area contributed by atoms with Gasteiger partial charge in [-0.25, -0.2) is 4.98 Å². The summed E-state index contributed by atoms with van der Waals surface area (Å²) in [6.07, 6.45) is 3.80.